The van der Waals surface area contributed by atoms with Crippen molar-refractivity contribution >= 4 is 21.2 Å². The number of aromatic nitrogens is 2. The largest absolute Gasteiger partial charge is 0.383 e. The Morgan fingerprint density at radius 3 is 2.68 bits per heavy atom. The lowest BCUT2D eigenvalue weighted by Gasteiger charge is -2.33. The van der Waals surface area contributed by atoms with Crippen LogP contribution in [0.5, 0.6) is 0 Å². The van der Waals surface area contributed by atoms with Gasteiger partial charge in [0.2, 0.25) is 14.2 Å². The van der Waals surface area contributed by atoms with Crippen molar-refractivity contribution in [3.63, 3.8) is 0 Å². The minimum atomic E-state index is -3.26. The van der Waals surface area contributed by atoms with Gasteiger partial charge in [0.05, 0.1) is 13.2 Å². The highest BCUT2D eigenvalue weighted by Gasteiger charge is 2.42. The van der Waals surface area contributed by atoms with Gasteiger partial charge < -0.3 is 4.74 Å². The summed E-state index contributed by atoms with van der Waals surface area (Å²) in [6.07, 6.45) is 6.47. The Hall–Kier alpha value is -0.570. The Kier molecular flexibility index (Phi) is 4.82. The fourth-order valence-electron chi connectivity index (χ4n) is 3.85. The van der Waals surface area contributed by atoms with Crippen LogP contribution in [0.2, 0.25) is 0 Å². The van der Waals surface area contributed by atoms with Gasteiger partial charge in [-0.2, -0.15) is 0 Å². The Morgan fingerprint density at radius 2 is 2.14 bits per heavy atom. The van der Waals surface area contributed by atoms with Crippen LogP contribution in [-0.4, -0.2) is 56.1 Å². The van der Waals surface area contributed by atoms with Gasteiger partial charge in [0.1, 0.15) is 5.01 Å². The molecule has 6 nitrogen and oxygen atoms in total. The summed E-state index contributed by atoms with van der Waals surface area (Å²) in [6.45, 7) is 2.22. The second-order valence-corrected chi connectivity index (χ2v) is 9.69. The van der Waals surface area contributed by atoms with Gasteiger partial charge in [-0.05, 0) is 31.1 Å². The topological polar surface area (TPSA) is 72.4 Å². The molecule has 0 saturated heterocycles. The molecule has 1 aromatic rings. The minimum absolute atomic E-state index is 0.113. The first kappa shape index (κ1) is 16.3. The van der Waals surface area contributed by atoms with E-state index in [9.17, 15) is 8.42 Å². The zero-order valence-electron chi connectivity index (χ0n) is 13.1. The van der Waals surface area contributed by atoms with Crippen LogP contribution < -0.4 is 0 Å². The molecule has 0 radical (unpaired) electrons. The SMILES string of the molecule is COCCN(Cc1nnc(S(C)(=O)=O)s1)C1CC2CCC1C2. The highest BCUT2D eigenvalue weighted by molar-refractivity contribution is 7.92. The van der Waals surface area contributed by atoms with Gasteiger partial charge in [-0.25, -0.2) is 8.42 Å². The molecule has 0 spiro atoms. The Labute approximate surface area is 135 Å². The van der Waals surface area contributed by atoms with Crippen LogP contribution in [0, 0.1) is 11.8 Å². The number of rotatable bonds is 7. The van der Waals surface area contributed by atoms with Gasteiger partial charge in [0, 0.05) is 26.0 Å². The molecule has 2 bridgehead atoms. The third-order valence-electron chi connectivity index (χ3n) is 4.86. The predicted octanol–water partition coefficient (Wildman–Crippen LogP) is 1.58. The maximum Gasteiger partial charge on any atom is 0.232 e. The average molecular weight is 345 g/mol. The number of fused-ring (bicyclic) bond motifs is 2. The molecule has 1 aromatic heterocycles. The Balaban J connectivity index is 1.71. The molecule has 0 aliphatic heterocycles. The highest BCUT2D eigenvalue weighted by atomic mass is 32.2. The Morgan fingerprint density at radius 1 is 1.32 bits per heavy atom. The van der Waals surface area contributed by atoms with Gasteiger partial charge in [-0.15, -0.1) is 10.2 Å². The second kappa shape index (κ2) is 6.51. The van der Waals surface area contributed by atoms with Crippen molar-refractivity contribution in [3.05, 3.63) is 5.01 Å². The molecule has 2 saturated carbocycles. The van der Waals surface area contributed by atoms with Crippen LogP contribution in [0.1, 0.15) is 30.7 Å². The van der Waals surface area contributed by atoms with E-state index in [0.717, 1.165) is 23.4 Å². The first-order chi connectivity index (χ1) is 10.5. The monoisotopic (exact) mass is 345 g/mol. The van der Waals surface area contributed by atoms with Crippen molar-refractivity contribution in [1.82, 2.24) is 15.1 Å². The zero-order chi connectivity index (χ0) is 15.7. The molecule has 8 heteroatoms. The molecule has 1 heterocycles. The summed E-state index contributed by atoms with van der Waals surface area (Å²) in [5.41, 5.74) is 0. The van der Waals surface area contributed by atoms with Crippen LogP contribution in [-0.2, 0) is 21.1 Å². The molecule has 2 fully saturated rings. The number of sulfone groups is 1. The molecule has 2 aliphatic carbocycles. The summed E-state index contributed by atoms with van der Waals surface area (Å²) >= 11 is 1.19. The molecule has 3 rings (SSSR count). The molecular formula is C14H23N3O3S2. The fraction of sp³-hybridized carbons (Fsp3) is 0.857. The van der Waals surface area contributed by atoms with E-state index in [-0.39, 0.29) is 4.34 Å². The highest BCUT2D eigenvalue weighted by Crippen LogP contribution is 2.46. The van der Waals surface area contributed by atoms with Crippen molar-refractivity contribution in [3.8, 4) is 0 Å². The molecule has 22 heavy (non-hydrogen) atoms. The second-order valence-electron chi connectivity index (χ2n) is 6.44. The maximum absolute atomic E-state index is 11.5. The molecule has 3 unspecified atom stereocenters. The van der Waals surface area contributed by atoms with Crippen molar-refractivity contribution in [2.45, 2.75) is 42.6 Å². The molecule has 0 N–H and O–H groups in total. The lowest BCUT2D eigenvalue weighted by atomic mass is 9.94. The van der Waals surface area contributed by atoms with Crippen LogP contribution >= 0.6 is 11.3 Å². The number of hydrogen-bond acceptors (Lipinski definition) is 7. The standard InChI is InChI=1S/C14H23N3O3S2/c1-20-6-5-17(12-8-10-3-4-11(12)7-10)9-13-15-16-14(21-13)22(2,18)19/h10-12H,3-9H2,1-2H3. The van der Waals surface area contributed by atoms with Crippen LogP contribution in [0.15, 0.2) is 4.34 Å². The number of nitrogens with zero attached hydrogens (tertiary/aromatic N) is 3. The van der Waals surface area contributed by atoms with Crippen LogP contribution in [0.4, 0.5) is 0 Å². The van der Waals surface area contributed by atoms with Gasteiger partial charge in [-0.1, -0.05) is 17.8 Å². The van der Waals surface area contributed by atoms with E-state index in [2.05, 4.69) is 15.1 Å². The summed E-state index contributed by atoms with van der Waals surface area (Å²) in [5.74, 6) is 1.66. The molecule has 124 valence electrons. The number of ether oxygens (including phenoxy) is 1. The quantitative estimate of drug-likeness (QED) is 0.747. The smallest absolute Gasteiger partial charge is 0.232 e. The third kappa shape index (κ3) is 3.50. The van der Waals surface area contributed by atoms with E-state index >= 15 is 0 Å². The van der Waals surface area contributed by atoms with E-state index < -0.39 is 9.84 Å². The summed E-state index contributed by atoms with van der Waals surface area (Å²) in [5, 5.41) is 8.67. The number of hydrogen-bond donors (Lipinski definition) is 0. The van der Waals surface area contributed by atoms with E-state index in [1.54, 1.807) is 7.11 Å². The number of methoxy groups -OCH3 is 1. The Bertz CT molecular complexity index is 617. The van der Waals surface area contributed by atoms with Crippen LogP contribution in [0.25, 0.3) is 0 Å². The van der Waals surface area contributed by atoms with E-state index in [0.29, 0.717) is 19.2 Å². The van der Waals surface area contributed by atoms with Crippen molar-refractivity contribution < 1.29 is 13.2 Å². The van der Waals surface area contributed by atoms with Gasteiger partial charge in [-0.3, -0.25) is 4.90 Å². The molecule has 0 aromatic carbocycles. The van der Waals surface area contributed by atoms with Gasteiger partial charge >= 0.3 is 0 Å². The van der Waals surface area contributed by atoms with E-state index in [4.69, 9.17) is 4.74 Å². The van der Waals surface area contributed by atoms with E-state index in [1.165, 1.54) is 43.3 Å². The summed E-state index contributed by atoms with van der Waals surface area (Å²) < 4.78 is 28.4. The average Bonchev–Trinajstić information content (AvgIpc) is 3.17. The van der Waals surface area contributed by atoms with E-state index in [1.807, 2.05) is 0 Å². The predicted molar refractivity (Wildman–Crippen MR) is 84.5 cm³/mol. The lowest BCUT2D eigenvalue weighted by Crippen LogP contribution is -2.40. The normalized spacial score (nSPS) is 27.9. The zero-order valence-corrected chi connectivity index (χ0v) is 14.7. The van der Waals surface area contributed by atoms with Crippen molar-refractivity contribution in [1.29, 1.82) is 0 Å². The first-order valence-corrected chi connectivity index (χ1v) is 10.4. The lowest BCUT2D eigenvalue weighted by molar-refractivity contribution is 0.0884. The molecule has 2 aliphatic rings. The van der Waals surface area contributed by atoms with Crippen LogP contribution in [0.3, 0.4) is 0 Å². The van der Waals surface area contributed by atoms with Crippen molar-refractivity contribution in [2.75, 3.05) is 26.5 Å². The minimum Gasteiger partial charge on any atom is -0.383 e. The fourth-order valence-corrected chi connectivity index (χ4v) is 5.53. The summed E-state index contributed by atoms with van der Waals surface area (Å²) in [4.78, 5) is 2.42. The molecular weight excluding hydrogens is 322 g/mol. The molecule has 0 amide bonds. The summed E-state index contributed by atoms with van der Waals surface area (Å²) in [7, 11) is -1.55. The first-order valence-electron chi connectivity index (χ1n) is 7.73. The molecule has 3 atom stereocenters. The van der Waals surface area contributed by atoms with Crippen molar-refractivity contribution in [2.24, 2.45) is 11.8 Å². The summed E-state index contributed by atoms with van der Waals surface area (Å²) in [6, 6.07) is 0.583. The van der Waals surface area contributed by atoms with Gasteiger partial charge in [0.25, 0.3) is 0 Å². The maximum atomic E-state index is 11.5. The van der Waals surface area contributed by atoms with Gasteiger partial charge in [0.15, 0.2) is 0 Å². The third-order valence-corrected chi connectivity index (χ3v) is 7.43.